The largest absolute Gasteiger partial charge is 0.467 e. The van der Waals surface area contributed by atoms with E-state index < -0.39 is 24.6 Å². The van der Waals surface area contributed by atoms with Crippen LogP contribution in [-0.2, 0) is 4.74 Å². The number of nitrogens with zero attached hydrogens (tertiary/aromatic N) is 1. The maximum absolute atomic E-state index is 12.3. The smallest absolute Gasteiger partial charge is 0.422 e. The van der Waals surface area contributed by atoms with Gasteiger partial charge in [-0.15, -0.1) is 0 Å². The van der Waals surface area contributed by atoms with E-state index in [1.807, 2.05) is 0 Å². The summed E-state index contributed by atoms with van der Waals surface area (Å²) in [6.07, 6.45) is -1.54. The monoisotopic (exact) mass is 472 g/mol. The van der Waals surface area contributed by atoms with Crippen LogP contribution in [0.5, 0.6) is 5.88 Å². The zero-order valence-electron chi connectivity index (χ0n) is 16.7. The molecule has 172 valence electrons. The van der Waals surface area contributed by atoms with Crippen LogP contribution in [0.2, 0.25) is 5.02 Å². The Kier molecular flexibility index (Phi) is 7.75. The molecule has 1 unspecified atom stereocenters. The van der Waals surface area contributed by atoms with Gasteiger partial charge in [-0.3, -0.25) is 4.79 Å². The number of carbonyl (C=O) groups is 2. The van der Waals surface area contributed by atoms with Crippen molar-refractivity contribution < 1.29 is 32.2 Å². The van der Waals surface area contributed by atoms with Crippen molar-refractivity contribution in [2.24, 2.45) is 0 Å². The van der Waals surface area contributed by atoms with E-state index in [9.17, 15) is 22.8 Å². The Hall–Kier alpha value is -3.05. The van der Waals surface area contributed by atoms with Crippen molar-refractivity contribution in [3.05, 3.63) is 47.1 Å². The summed E-state index contributed by atoms with van der Waals surface area (Å²) in [5.41, 5.74) is 0.975. The molecule has 3 rings (SSSR count). The van der Waals surface area contributed by atoms with Gasteiger partial charge in [0.25, 0.3) is 5.91 Å². The molecule has 0 radical (unpaired) electrons. The second-order valence-corrected chi connectivity index (χ2v) is 7.32. The van der Waals surface area contributed by atoms with Crippen LogP contribution in [0.3, 0.4) is 0 Å². The van der Waals surface area contributed by atoms with E-state index in [1.54, 1.807) is 24.3 Å². The number of halogens is 4. The number of ether oxygens (including phenoxy) is 2. The van der Waals surface area contributed by atoms with Crippen LogP contribution in [0, 0.1) is 0 Å². The highest BCUT2D eigenvalue weighted by Crippen LogP contribution is 2.25. The zero-order valence-corrected chi connectivity index (χ0v) is 17.4. The van der Waals surface area contributed by atoms with Crippen molar-refractivity contribution >= 4 is 34.9 Å². The molecule has 1 atom stereocenters. The standard InChI is InChI=1S/C20H20ClF3N4O4/c21-16-8-12(9-25-18(16)32-11-20(22,23)24)17(29)27-13-3-5-14(6-4-13)28-19(30)26-10-15-2-1-7-31-15/h3-6,8-9,15H,1-2,7,10-11H2,(H,27,29)(H2,26,28,30). The molecule has 3 amide bonds. The molecular weight excluding hydrogens is 453 g/mol. The predicted molar refractivity (Wildman–Crippen MR) is 111 cm³/mol. The molecule has 0 saturated carbocycles. The van der Waals surface area contributed by atoms with Crippen molar-refractivity contribution in [1.82, 2.24) is 10.3 Å². The molecule has 0 bridgehead atoms. The number of nitrogens with one attached hydrogen (secondary N) is 3. The van der Waals surface area contributed by atoms with E-state index in [-0.39, 0.29) is 22.7 Å². The van der Waals surface area contributed by atoms with Gasteiger partial charge < -0.3 is 25.4 Å². The molecule has 32 heavy (non-hydrogen) atoms. The molecule has 8 nitrogen and oxygen atoms in total. The second-order valence-electron chi connectivity index (χ2n) is 6.92. The van der Waals surface area contributed by atoms with Gasteiger partial charge >= 0.3 is 12.2 Å². The summed E-state index contributed by atoms with van der Waals surface area (Å²) in [6, 6.07) is 7.13. The van der Waals surface area contributed by atoms with Gasteiger partial charge in [0.05, 0.1) is 11.7 Å². The molecule has 1 saturated heterocycles. The summed E-state index contributed by atoms with van der Waals surface area (Å²) in [6.45, 7) is -0.409. The zero-order chi connectivity index (χ0) is 23.1. The van der Waals surface area contributed by atoms with Crippen LogP contribution < -0.4 is 20.7 Å². The summed E-state index contributed by atoms with van der Waals surface area (Å²) in [7, 11) is 0. The van der Waals surface area contributed by atoms with Crippen LogP contribution in [-0.4, -0.2) is 49.0 Å². The number of amides is 3. The maximum atomic E-state index is 12.3. The number of hydrogen-bond acceptors (Lipinski definition) is 5. The Morgan fingerprint density at radius 2 is 1.88 bits per heavy atom. The minimum atomic E-state index is -4.53. The van der Waals surface area contributed by atoms with Crippen molar-refractivity contribution in [2.45, 2.75) is 25.1 Å². The number of pyridine rings is 1. The van der Waals surface area contributed by atoms with E-state index >= 15 is 0 Å². The van der Waals surface area contributed by atoms with E-state index in [2.05, 4.69) is 25.7 Å². The number of carbonyl (C=O) groups excluding carboxylic acids is 2. The minimum Gasteiger partial charge on any atom is -0.467 e. The van der Waals surface area contributed by atoms with Gasteiger partial charge in [-0.05, 0) is 43.2 Å². The highest BCUT2D eigenvalue weighted by Gasteiger charge is 2.29. The van der Waals surface area contributed by atoms with Gasteiger partial charge in [-0.1, -0.05) is 11.6 Å². The lowest BCUT2D eigenvalue weighted by atomic mass is 10.2. The van der Waals surface area contributed by atoms with Crippen LogP contribution >= 0.6 is 11.6 Å². The molecule has 1 aliphatic heterocycles. The van der Waals surface area contributed by atoms with Crippen LogP contribution in [0.1, 0.15) is 23.2 Å². The van der Waals surface area contributed by atoms with Gasteiger partial charge in [0.15, 0.2) is 6.61 Å². The minimum absolute atomic E-state index is 0.0325. The lowest BCUT2D eigenvalue weighted by Crippen LogP contribution is -2.35. The van der Waals surface area contributed by atoms with Crippen LogP contribution in [0.15, 0.2) is 36.5 Å². The SMILES string of the molecule is O=C(NCC1CCCO1)Nc1ccc(NC(=O)c2cnc(OCC(F)(F)F)c(Cl)c2)cc1. The Morgan fingerprint density at radius 1 is 1.19 bits per heavy atom. The molecule has 1 aromatic carbocycles. The fourth-order valence-electron chi connectivity index (χ4n) is 2.83. The maximum Gasteiger partial charge on any atom is 0.422 e. The Labute approximate surface area is 186 Å². The average molecular weight is 473 g/mol. The second kappa shape index (κ2) is 10.5. The fraction of sp³-hybridized carbons (Fsp3) is 0.350. The van der Waals surface area contributed by atoms with Gasteiger partial charge in [-0.25, -0.2) is 9.78 Å². The normalized spacial score (nSPS) is 15.8. The van der Waals surface area contributed by atoms with Gasteiger partial charge in [0, 0.05) is 30.7 Å². The average Bonchev–Trinajstić information content (AvgIpc) is 3.26. The third-order valence-electron chi connectivity index (χ3n) is 4.36. The summed E-state index contributed by atoms with van der Waals surface area (Å²) in [5, 5.41) is 7.78. The van der Waals surface area contributed by atoms with Crippen LogP contribution in [0.4, 0.5) is 29.3 Å². The summed E-state index contributed by atoms with van der Waals surface area (Å²) in [4.78, 5) is 27.9. The third-order valence-corrected chi connectivity index (χ3v) is 4.63. The fourth-order valence-corrected chi connectivity index (χ4v) is 3.05. The number of aromatic nitrogens is 1. The van der Waals surface area contributed by atoms with E-state index in [0.717, 1.165) is 25.1 Å². The molecular formula is C20H20ClF3N4O4. The first-order chi connectivity index (χ1) is 15.2. The lowest BCUT2D eigenvalue weighted by molar-refractivity contribution is -0.154. The molecule has 12 heteroatoms. The van der Waals surface area contributed by atoms with Gasteiger partial charge in [0.1, 0.15) is 5.02 Å². The first kappa shape index (κ1) is 23.6. The molecule has 1 aliphatic rings. The number of benzene rings is 1. The van der Waals surface area contributed by atoms with Crippen LogP contribution in [0.25, 0.3) is 0 Å². The number of alkyl halides is 3. The molecule has 1 aromatic heterocycles. The van der Waals surface area contributed by atoms with E-state index in [1.165, 1.54) is 0 Å². The van der Waals surface area contributed by atoms with Crippen molar-refractivity contribution in [3.63, 3.8) is 0 Å². The summed E-state index contributed by atoms with van der Waals surface area (Å²) >= 11 is 5.85. The van der Waals surface area contributed by atoms with Gasteiger partial charge in [-0.2, -0.15) is 13.2 Å². The number of hydrogen-bond donors (Lipinski definition) is 3. The number of anilines is 2. The van der Waals surface area contributed by atoms with Crippen molar-refractivity contribution in [2.75, 3.05) is 30.4 Å². The first-order valence-corrected chi connectivity index (χ1v) is 10.0. The summed E-state index contributed by atoms with van der Waals surface area (Å²) in [5.74, 6) is -0.995. The lowest BCUT2D eigenvalue weighted by Gasteiger charge is -2.12. The highest BCUT2D eigenvalue weighted by atomic mass is 35.5. The Morgan fingerprint density at radius 3 is 2.47 bits per heavy atom. The van der Waals surface area contributed by atoms with E-state index in [4.69, 9.17) is 16.3 Å². The molecule has 0 aliphatic carbocycles. The molecule has 1 fully saturated rings. The molecule has 0 spiro atoms. The van der Waals surface area contributed by atoms with Crippen molar-refractivity contribution in [3.8, 4) is 5.88 Å². The highest BCUT2D eigenvalue weighted by molar-refractivity contribution is 6.32. The van der Waals surface area contributed by atoms with Gasteiger partial charge in [0.2, 0.25) is 5.88 Å². The molecule has 2 heterocycles. The summed E-state index contributed by atoms with van der Waals surface area (Å²) < 4.78 is 46.6. The Balaban J connectivity index is 1.50. The third kappa shape index (κ3) is 7.27. The predicted octanol–water partition coefficient (Wildman–Crippen LogP) is 4.23. The van der Waals surface area contributed by atoms with E-state index in [0.29, 0.717) is 24.5 Å². The Bertz CT molecular complexity index is 951. The topological polar surface area (TPSA) is 102 Å². The molecule has 2 aromatic rings. The quantitative estimate of drug-likeness (QED) is 0.560. The number of rotatable bonds is 7. The van der Waals surface area contributed by atoms with Crippen molar-refractivity contribution in [1.29, 1.82) is 0 Å². The molecule has 3 N–H and O–H groups in total. The first-order valence-electron chi connectivity index (χ1n) is 9.62. The number of urea groups is 1.